The molecule has 0 aliphatic heterocycles. The average Bonchev–Trinajstić information content (AvgIpc) is 2.82. The van der Waals surface area contributed by atoms with Crippen molar-refractivity contribution in [3.63, 3.8) is 0 Å². The second kappa shape index (κ2) is 4.91. The molecule has 1 heterocycles. The van der Waals surface area contributed by atoms with Crippen LogP contribution in [0, 0.1) is 17.5 Å². The van der Waals surface area contributed by atoms with E-state index < -0.39 is 23.4 Å². The van der Waals surface area contributed by atoms with Gasteiger partial charge in [-0.3, -0.25) is 0 Å². The van der Waals surface area contributed by atoms with Crippen molar-refractivity contribution in [2.75, 3.05) is 0 Å². The molecular weight excluding hydrogens is 285 g/mol. The van der Waals surface area contributed by atoms with Crippen LogP contribution >= 0.6 is 0 Å². The van der Waals surface area contributed by atoms with Gasteiger partial charge in [-0.1, -0.05) is 0 Å². The fourth-order valence-corrected chi connectivity index (χ4v) is 2.64. The molecule has 0 spiro atoms. The van der Waals surface area contributed by atoms with Gasteiger partial charge in [-0.05, 0) is 25.7 Å². The minimum atomic E-state index is -1.30. The van der Waals surface area contributed by atoms with Crippen LogP contribution in [0.25, 0.3) is 5.69 Å². The van der Waals surface area contributed by atoms with E-state index >= 15 is 0 Å². The van der Waals surface area contributed by atoms with E-state index in [1.54, 1.807) is 0 Å². The summed E-state index contributed by atoms with van der Waals surface area (Å²) in [5.41, 5.74) is 0.648. The van der Waals surface area contributed by atoms with E-state index in [-0.39, 0.29) is 11.4 Å². The van der Waals surface area contributed by atoms with Crippen molar-refractivity contribution < 1.29 is 23.1 Å². The first-order valence-corrected chi connectivity index (χ1v) is 6.48. The third-order valence-corrected chi connectivity index (χ3v) is 3.60. The Labute approximate surface area is 117 Å². The molecule has 0 bridgehead atoms. The highest BCUT2D eigenvalue weighted by atomic mass is 19.2. The van der Waals surface area contributed by atoms with Crippen molar-refractivity contribution >= 4 is 5.97 Å². The molecule has 1 N–H and O–H groups in total. The van der Waals surface area contributed by atoms with Gasteiger partial charge in [-0.2, -0.15) is 5.10 Å². The summed E-state index contributed by atoms with van der Waals surface area (Å²) < 4.78 is 41.3. The Morgan fingerprint density at radius 2 is 1.76 bits per heavy atom. The van der Waals surface area contributed by atoms with Crippen molar-refractivity contribution in [1.82, 2.24) is 9.78 Å². The van der Waals surface area contributed by atoms with Gasteiger partial charge in [0, 0.05) is 23.4 Å². The van der Waals surface area contributed by atoms with Gasteiger partial charge in [-0.15, -0.1) is 0 Å². The summed E-state index contributed by atoms with van der Waals surface area (Å²) >= 11 is 0. The van der Waals surface area contributed by atoms with Crippen LogP contribution in [-0.2, 0) is 12.8 Å². The zero-order valence-electron chi connectivity index (χ0n) is 10.9. The van der Waals surface area contributed by atoms with Crippen LogP contribution in [0.3, 0.4) is 0 Å². The third-order valence-electron chi connectivity index (χ3n) is 3.60. The molecule has 0 fully saturated rings. The Hall–Kier alpha value is -2.31. The van der Waals surface area contributed by atoms with E-state index in [4.69, 9.17) is 5.11 Å². The van der Waals surface area contributed by atoms with E-state index in [1.165, 1.54) is 0 Å². The molecule has 0 radical (unpaired) electrons. The lowest BCUT2D eigenvalue weighted by molar-refractivity contribution is 0.0688. The molecule has 0 amide bonds. The monoisotopic (exact) mass is 296 g/mol. The topological polar surface area (TPSA) is 55.1 Å². The van der Waals surface area contributed by atoms with Gasteiger partial charge in [0.1, 0.15) is 5.69 Å². The van der Waals surface area contributed by atoms with Crippen LogP contribution in [0.4, 0.5) is 13.2 Å². The molecule has 2 aromatic rings. The molecule has 4 nitrogen and oxygen atoms in total. The van der Waals surface area contributed by atoms with Crippen LogP contribution < -0.4 is 0 Å². The summed E-state index contributed by atoms with van der Waals surface area (Å²) in [5, 5.41) is 13.0. The number of hydrogen-bond donors (Lipinski definition) is 1. The molecule has 1 aromatic carbocycles. The summed E-state index contributed by atoms with van der Waals surface area (Å²) in [7, 11) is 0. The van der Waals surface area contributed by atoms with Gasteiger partial charge in [-0.25, -0.2) is 22.6 Å². The Morgan fingerprint density at radius 1 is 1.10 bits per heavy atom. The maximum absolute atomic E-state index is 13.9. The van der Waals surface area contributed by atoms with E-state index in [9.17, 15) is 18.0 Å². The molecule has 1 aromatic heterocycles. The van der Waals surface area contributed by atoms with Gasteiger partial charge in [0.25, 0.3) is 0 Å². The van der Waals surface area contributed by atoms with E-state index in [0.29, 0.717) is 36.2 Å². The molecule has 0 saturated carbocycles. The van der Waals surface area contributed by atoms with E-state index in [2.05, 4.69) is 5.10 Å². The molecule has 1 aliphatic carbocycles. The lowest BCUT2D eigenvalue weighted by Gasteiger charge is -2.14. The van der Waals surface area contributed by atoms with Crippen LogP contribution in [0.15, 0.2) is 12.1 Å². The molecule has 3 rings (SSSR count). The predicted octanol–water partition coefficient (Wildman–Crippen LogP) is 2.87. The highest BCUT2D eigenvalue weighted by Gasteiger charge is 2.26. The van der Waals surface area contributed by atoms with Gasteiger partial charge >= 0.3 is 5.97 Å². The van der Waals surface area contributed by atoms with Crippen molar-refractivity contribution in [3.8, 4) is 5.69 Å². The standard InChI is InChI=1S/C14H11F3N2O2/c15-8-5-10(17)12(6-9(8)16)19-11-4-2-1-3-7(11)13(18-19)14(20)21/h5-6H,1-4H2,(H,20,21). The van der Waals surface area contributed by atoms with Crippen molar-refractivity contribution in [2.45, 2.75) is 25.7 Å². The van der Waals surface area contributed by atoms with Crippen molar-refractivity contribution in [2.24, 2.45) is 0 Å². The average molecular weight is 296 g/mol. The first-order chi connectivity index (χ1) is 9.99. The normalized spacial score (nSPS) is 14.0. The summed E-state index contributed by atoms with van der Waals surface area (Å²) in [5.74, 6) is -4.70. The lowest BCUT2D eigenvalue weighted by atomic mass is 9.95. The van der Waals surface area contributed by atoms with Gasteiger partial charge in [0.05, 0.1) is 0 Å². The fraction of sp³-hybridized carbons (Fsp3) is 0.286. The number of carboxylic acids is 1. The van der Waals surface area contributed by atoms with Crippen LogP contribution in [0.1, 0.15) is 34.6 Å². The first kappa shape index (κ1) is 13.7. The second-order valence-corrected chi connectivity index (χ2v) is 4.92. The minimum absolute atomic E-state index is 0.158. The smallest absolute Gasteiger partial charge is 0.356 e. The lowest BCUT2D eigenvalue weighted by Crippen LogP contribution is -2.10. The zero-order chi connectivity index (χ0) is 15.1. The Kier molecular flexibility index (Phi) is 3.19. The van der Waals surface area contributed by atoms with Crippen molar-refractivity contribution in [3.05, 3.63) is 46.5 Å². The third kappa shape index (κ3) is 2.18. The van der Waals surface area contributed by atoms with Gasteiger partial charge in [0.2, 0.25) is 0 Å². The number of carboxylic acid groups (broad SMARTS) is 1. The number of benzene rings is 1. The summed E-state index contributed by atoms with van der Waals surface area (Å²) in [6.45, 7) is 0. The molecule has 21 heavy (non-hydrogen) atoms. The summed E-state index contributed by atoms with van der Waals surface area (Å²) in [6.07, 6.45) is 2.68. The van der Waals surface area contributed by atoms with Crippen LogP contribution in [0.5, 0.6) is 0 Å². The number of nitrogens with zero attached hydrogens (tertiary/aromatic N) is 2. The molecule has 7 heteroatoms. The number of halogens is 3. The first-order valence-electron chi connectivity index (χ1n) is 6.48. The largest absolute Gasteiger partial charge is 0.476 e. The highest BCUT2D eigenvalue weighted by Crippen LogP contribution is 2.28. The Morgan fingerprint density at radius 3 is 2.48 bits per heavy atom. The van der Waals surface area contributed by atoms with Crippen LogP contribution in [-0.4, -0.2) is 20.9 Å². The Balaban J connectivity index is 2.24. The van der Waals surface area contributed by atoms with Crippen LogP contribution in [0.2, 0.25) is 0 Å². The Bertz CT molecular complexity index is 740. The summed E-state index contributed by atoms with van der Waals surface area (Å²) in [6, 6.07) is 1.13. The zero-order valence-corrected chi connectivity index (χ0v) is 10.9. The molecular formula is C14H11F3N2O2. The molecule has 110 valence electrons. The molecule has 0 atom stereocenters. The summed E-state index contributed by atoms with van der Waals surface area (Å²) in [4.78, 5) is 11.2. The number of rotatable bonds is 2. The second-order valence-electron chi connectivity index (χ2n) is 4.92. The van der Waals surface area contributed by atoms with Crippen molar-refractivity contribution in [1.29, 1.82) is 0 Å². The number of aromatic nitrogens is 2. The highest BCUT2D eigenvalue weighted by molar-refractivity contribution is 5.87. The number of fused-ring (bicyclic) bond motifs is 1. The fourth-order valence-electron chi connectivity index (χ4n) is 2.64. The molecule has 0 saturated heterocycles. The van der Waals surface area contributed by atoms with Gasteiger partial charge < -0.3 is 5.11 Å². The molecule has 0 unspecified atom stereocenters. The predicted molar refractivity (Wildman–Crippen MR) is 67.0 cm³/mol. The number of carbonyl (C=O) groups is 1. The van der Waals surface area contributed by atoms with E-state index in [1.807, 2.05) is 0 Å². The number of aromatic carboxylic acids is 1. The van der Waals surface area contributed by atoms with E-state index in [0.717, 1.165) is 17.5 Å². The maximum atomic E-state index is 13.9. The minimum Gasteiger partial charge on any atom is -0.476 e. The quantitative estimate of drug-likeness (QED) is 0.867. The van der Waals surface area contributed by atoms with Gasteiger partial charge in [0.15, 0.2) is 23.1 Å². The maximum Gasteiger partial charge on any atom is 0.356 e. The number of hydrogen-bond acceptors (Lipinski definition) is 2. The molecule has 1 aliphatic rings. The SMILES string of the molecule is O=C(O)c1nn(-c2cc(F)c(F)cc2F)c2c1CCCC2.